The number of aliphatic hydroxyl groups is 1. The van der Waals surface area contributed by atoms with Crippen LogP contribution < -0.4 is 10.6 Å². The number of nitrogens with zero attached hydrogens (tertiary/aromatic N) is 2. The van der Waals surface area contributed by atoms with E-state index in [0.29, 0.717) is 16.4 Å². The Labute approximate surface area is 111 Å². The highest BCUT2D eigenvalue weighted by Crippen LogP contribution is 2.31. The van der Waals surface area contributed by atoms with E-state index in [4.69, 9.17) is 22.7 Å². The van der Waals surface area contributed by atoms with Crippen LogP contribution in [0.15, 0.2) is 12.3 Å². The minimum Gasteiger partial charge on any atom is -0.394 e. The molecule has 0 bridgehead atoms. The Morgan fingerprint density at radius 3 is 3.06 bits per heavy atom. The number of pyridine rings is 1. The molecule has 1 saturated heterocycles. The lowest BCUT2D eigenvalue weighted by atomic mass is 10.0. The van der Waals surface area contributed by atoms with Gasteiger partial charge < -0.3 is 15.7 Å². The van der Waals surface area contributed by atoms with Crippen molar-refractivity contribution >= 4 is 23.3 Å². The Morgan fingerprint density at radius 1 is 1.61 bits per heavy atom. The van der Waals surface area contributed by atoms with Crippen molar-refractivity contribution in [2.24, 2.45) is 5.73 Å². The Balaban J connectivity index is 2.37. The fraction of sp³-hybridized carbons (Fsp3) is 0.500. The highest BCUT2D eigenvalue weighted by atomic mass is 35.5. The van der Waals surface area contributed by atoms with Crippen molar-refractivity contribution in [2.45, 2.75) is 25.3 Å². The number of nitrogen functional groups attached to an aromatic ring is 1. The highest BCUT2D eigenvalue weighted by molar-refractivity contribution is 6.36. The zero-order valence-electron chi connectivity index (χ0n) is 10.1. The number of piperidine rings is 1. The largest absolute Gasteiger partial charge is 0.394 e. The predicted molar refractivity (Wildman–Crippen MR) is 72.3 cm³/mol. The standard InChI is InChI=1S/C12H17ClN4O/c13-10-9(11(14)15)4-5-16-12(10)17-6-2-1-3-8(17)7-18/h4-5,8,18H,1-3,6-7H2,(H3,14,15). The number of anilines is 1. The molecule has 4 N–H and O–H groups in total. The summed E-state index contributed by atoms with van der Waals surface area (Å²) in [7, 11) is 0. The average molecular weight is 269 g/mol. The number of rotatable bonds is 3. The van der Waals surface area contributed by atoms with Gasteiger partial charge in [-0.25, -0.2) is 4.98 Å². The summed E-state index contributed by atoms with van der Waals surface area (Å²) in [6.07, 6.45) is 4.68. The third-order valence-electron chi connectivity index (χ3n) is 3.27. The Morgan fingerprint density at radius 2 is 2.39 bits per heavy atom. The number of hydrogen-bond acceptors (Lipinski definition) is 4. The number of amidine groups is 1. The minimum absolute atomic E-state index is 0.0472. The quantitative estimate of drug-likeness (QED) is 0.571. The lowest BCUT2D eigenvalue weighted by Gasteiger charge is -2.36. The molecule has 98 valence electrons. The van der Waals surface area contributed by atoms with Crippen LogP contribution in [-0.4, -0.2) is 35.1 Å². The van der Waals surface area contributed by atoms with Crippen LogP contribution in [0.4, 0.5) is 5.82 Å². The number of aromatic nitrogens is 1. The normalized spacial score (nSPS) is 19.9. The second kappa shape index (κ2) is 5.54. The van der Waals surface area contributed by atoms with E-state index in [-0.39, 0.29) is 18.5 Å². The molecule has 2 rings (SSSR count). The fourth-order valence-corrected chi connectivity index (χ4v) is 2.63. The van der Waals surface area contributed by atoms with Crippen LogP contribution in [0, 0.1) is 5.41 Å². The first kappa shape index (κ1) is 13.1. The lowest BCUT2D eigenvalue weighted by molar-refractivity contribution is 0.239. The molecule has 5 nitrogen and oxygen atoms in total. The van der Waals surface area contributed by atoms with Gasteiger partial charge in [0.25, 0.3) is 0 Å². The molecule has 0 aliphatic carbocycles. The average Bonchev–Trinajstić information content (AvgIpc) is 2.38. The van der Waals surface area contributed by atoms with Crippen molar-refractivity contribution in [1.82, 2.24) is 4.98 Å². The maximum atomic E-state index is 9.41. The van der Waals surface area contributed by atoms with Crippen molar-refractivity contribution in [3.63, 3.8) is 0 Å². The summed E-state index contributed by atoms with van der Waals surface area (Å²) < 4.78 is 0. The van der Waals surface area contributed by atoms with Crippen molar-refractivity contribution in [1.29, 1.82) is 5.41 Å². The van der Waals surface area contributed by atoms with Gasteiger partial charge in [-0.2, -0.15) is 0 Å². The summed E-state index contributed by atoms with van der Waals surface area (Å²) in [6, 6.07) is 1.68. The van der Waals surface area contributed by atoms with Crippen LogP contribution in [-0.2, 0) is 0 Å². The number of halogens is 1. The van der Waals surface area contributed by atoms with Crippen LogP contribution in [0.25, 0.3) is 0 Å². The lowest BCUT2D eigenvalue weighted by Crippen LogP contribution is -2.42. The second-order valence-corrected chi connectivity index (χ2v) is 4.81. The van der Waals surface area contributed by atoms with E-state index in [9.17, 15) is 5.11 Å². The van der Waals surface area contributed by atoms with E-state index in [1.807, 2.05) is 4.90 Å². The first-order valence-electron chi connectivity index (χ1n) is 6.01. The van der Waals surface area contributed by atoms with E-state index in [2.05, 4.69) is 4.98 Å². The number of hydrogen-bond donors (Lipinski definition) is 3. The Bertz CT molecular complexity index is 452. The highest BCUT2D eigenvalue weighted by Gasteiger charge is 2.25. The molecule has 0 spiro atoms. The smallest absolute Gasteiger partial charge is 0.148 e. The topological polar surface area (TPSA) is 86.2 Å². The summed E-state index contributed by atoms with van der Waals surface area (Å²) in [4.78, 5) is 6.29. The van der Waals surface area contributed by atoms with Crippen LogP contribution in [0.1, 0.15) is 24.8 Å². The first-order chi connectivity index (χ1) is 8.65. The Kier molecular flexibility index (Phi) is 4.04. The van der Waals surface area contributed by atoms with Gasteiger partial charge in [-0.15, -0.1) is 0 Å². The molecule has 0 amide bonds. The first-order valence-corrected chi connectivity index (χ1v) is 6.39. The van der Waals surface area contributed by atoms with Crippen molar-refractivity contribution in [2.75, 3.05) is 18.1 Å². The molecule has 2 heterocycles. The fourth-order valence-electron chi connectivity index (χ4n) is 2.31. The molecule has 1 aliphatic heterocycles. The molecule has 0 aromatic carbocycles. The van der Waals surface area contributed by atoms with Crippen LogP contribution in [0.2, 0.25) is 5.02 Å². The van der Waals surface area contributed by atoms with Crippen LogP contribution >= 0.6 is 11.6 Å². The minimum atomic E-state index is -0.0683. The van der Waals surface area contributed by atoms with E-state index >= 15 is 0 Å². The summed E-state index contributed by atoms with van der Waals surface area (Å²) in [5.74, 6) is 0.546. The monoisotopic (exact) mass is 268 g/mol. The van der Waals surface area contributed by atoms with Crippen molar-refractivity contribution in [3.05, 3.63) is 22.8 Å². The second-order valence-electron chi connectivity index (χ2n) is 4.44. The molecular formula is C12H17ClN4O. The zero-order valence-corrected chi connectivity index (χ0v) is 10.8. The maximum absolute atomic E-state index is 9.41. The van der Waals surface area contributed by atoms with Gasteiger partial charge in [0, 0.05) is 18.3 Å². The molecular weight excluding hydrogens is 252 g/mol. The molecule has 1 fully saturated rings. The van der Waals surface area contributed by atoms with Gasteiger partial charge in [0.05, 0.1) is 17.7 Å². The summed E-state index contributed by atoms with van der Waals surface area (Å²) in [5, 5.41) is 17.3. The van der Waals surface area contributed by atoms with Crippen molar-refractivity contribution < 1.29 is 5.11 Å². The molecule has 18 heavy (non-hydrogen) atoms. The van der Waals surface area contributed by atoms with Gasteiger partial charge in [-0.1, -0.05) is 11.6 Å². The van der Waals surface area contributed by atoms with Gasteiger partial charge in [-0.3, -0.25) is 5.41 Å². The molecule has 0 radical (unpaired) electrons. The van der Waals surface area contributed by atoms with Crippen molar-refractivity contribution in [3.8, 4) is 0 Å². The van der Waals surface area contributed by atoms with Gasteiger partial charge >= 0.3 is 0 Å². The van der Waals surface area contributed by atoms with Gasteiger partial charge in [-0.05, 0) is 25.3 Å². The zero-order chi connectivity index (χ0) is 13.1. The number of nitrogens with one attached hydrogen (secondary N) is 1. The third kappa shape index (κ3) is 2.42. The summed E-state index contributed by atoms with van der Waals surface area (Å²) in [6.45, 7) is 0.904. The van der Waals surface area contributed by atoms with Crippen LogP contribution in [0.5, 0.6) is 0 Å². The third-order valence-corrected chi connectivity index (χ3v) is 3.64. The SMILES string of the molecule is N=C(N)c1ccnc(N2CCCCC2CO)c1Cl. The molecule has 6 heteroatoms. The maximum Gasteiger partial charge on any atom is 0.148 e. The van der Waals surface area contributed by atoms with Gasteiger partial charge in [0.1, 0.15) is 11.7 Å². The van der Waals surface area contributed by atoms with Gasteiger partial charge in [0.2, 0.25) is 0 Å². The molecule has 1 atom stereocenters. The molecule has 1 aromatic rings. The summed E-state index contributed by atoms with van der Waals surface area (Å²) >= 11 is 6.25. The van der Waals surface area contributed by atoms with Crippen LogP contribution in [0.3, 0.4) is 0 Å². The van der Waals surface area contributed by atoms with E-state index in [0.717, 1.165) is 25.8 Å². The van der Waals surface area contributed by atoms with E-state index in [1.54, 1.807) is 12.3 Å². The predicted octanol–water partition coefficient (Wildman–Crippen LogP) is 1.37. The van der Waals surface area contributed by atoms with E-state index < -0.39 is 0 Å². The number of nitrogens with two attached hydrogens (primary N) is 1. The number of aliphatic hydroxyl groups excluding tert-OH is 1. The Hall–Kier alpha value is -1.33. The molecule has 1 unspecified atom stereocenters. The van der Waals surface area contributed by atoms with Gasteiger partial charge in [0.15, 0.2) is 0 Å². The van der Waals surface area contributed by atoms with E-state index in [1.165, 1.54) is 0 Å². The molecule has 1 aliphatic rings. The molecule has 1 aromatic heterocycles. The molecule has 0 saturated carbocycles. The summed E-state index contributed by atoms with van der Waals surface area (Å²) in [5.41, 5.74) is 5.97.